The van der Waals surface area contributed by atoms with E-state index in [0.29, 0.717) is 11.1 Å². The van der Waals surface area contributed by atoms with Gasteiger partial charge in [0.15, 0.2) is 5.96 Å². The molecule has 0 atom stereocenters. The fourth-order valence-corrected chi connectivity index (χ4v) is 2.11. The summed E-state index contributed by atoms with van der Waals surface area (Å²) >= 11 is 0. The summed E-state index contributed by atoms with van der Waals surface area (Å²) in [4.78, 5) is 15.3. The summed E-state index contributed by atoms with van der Waals surface area (Å²) in [6.07, 6.45) is 1.58. The number of carbonyl (C=O) groups excluding carboxylic acids is 1. The SMILES string of the molecule is CC(=Cc1cc(O)ccc1-c1cccc(O)c1)C(=O)N=C(N)N. The largest absolute Gasteiger partial charge is 0.508 e. The van der Waals surface area contributed by atoms with Crippen molar-refractivity contribution >= 4 is 17.9 Å². The highest BCUT2D eigenvalue weighted by molar-refractivity contribution is 6.04. The Hall–Kier alpha value is -3.28. The van der Waals surface area contributed by atoms with Gasteiger partial charge in [-0.05, 0) is 54.0 Å². The normalized spacial score (nSPS) is 11.1. The van der Waals surface area contributed by atoms with Crippen molar-refractivity contribution in [1.82, 2.24) is 0 Å². The first-order valence-electron chi connectivity index (χ1n) is 6.81. The van der Waals surface area contributed by atoms with Gasteiger partial charge in [-0.2, -0.15) is 4.99 Å². The molecule has 118 valence electrons. The molecule has 6 N–H and O–H groups in total. The molecule has 0 unspecified atom stereocenters. The quantitative estimate of drug-likeness (QED) is 0.392. The first-order valence-corrected chi connectivity index (χ1v) is 6.81. The van der Waals surface area contributed by atoms with Gasteiger partial charge in [0.2, 0.25) is 0 Å². The number of nitrogens with two attached hydrogens (primary N) is 2. The van der Waals surface area contributed by atoms with Crippen molar-refractivity contribution in [3.05, 3.63) is 53.6 Å². The van der Waals surface area contributed by atoms with Crippen LogP contribution in [0.5, 0.6) is 11.5 Å². The van der Waals surface area contributed by atoms with E-state index < -0.39 is 5.91 Å². The van der Waals surface area contributed by atoms with Gasteiger partial charge >= 0.3 is 0 Å². The van der Waals surface area contributed by atoms with Gasteiger partial charge < -0.3 is 21.7 Å². The van der Waals surface area contributed by atoms with Crippen LogP contribution in [0.3, 0.4) is 0 Å². The monoisotopic (exact) mass is 311 g/mol. The maximum absolute atomic E-state index is 11.8. The number of amides is 1. The second-order valence-corrected chi connectivity index (χ2v) is 4.99. The molecule has 2 rings (SSSR count). The lowest BCUT2D eigenvalue weighted by Crippen LogP contribution is -2.24. The van der Waals surface area contributed by atoms with E-state index in [0.717, 1.165) is 11.1 Å². The van der Waals surface area contributed by atoms with Crippen molar-refractivity contribution in [1.29, 1.82) is 0 Å². The summed E-state index contributed by atoms with van der Waals surface area (Å²) in [6, 6.07) is 11.4. The molecule has 0 fully saturated rings. The smallest absolute Gasteiger partial charge is 0.275 e. The van der Waals surface area contributed by atoms with Gasteiger partial charge in [-0.15, -0.1) is 0 Å². The van der Waals surface area contributed by atoms with E-state index in [4.69, 9.17) is 11.5 Å². The van der Waals surface area contributed by atoms with Crippen LogP contribution < -0.4 is 11.5 Å². The van der Waals surface area contributed by atoms with Crippen LogP contribution in [-0.2, 0) is 4.79 Å². The molecule has 0 saturated heterocycles. The number of aliphatic imine (C=N–C) groups is 1. The van der Waals surface area contributed by atoms with Crippen LogP contribution in [0, 0.1) is 0 Å². The summed E-state index contributed by atoms with van der Waals surface area (Å²) in [7, 11) is 0. The third-order valence-electron chi connectivity index (χ3n) is 3.13. The van der Waals surface area contributed by atoms with Gasteiger partial charge in [0.25, 0.3) is 5.91 Å². The number of benzene rings is 2. The Morgan fingerprint density at radius 3 is 2.43 bits per heavy atom. The first-order chi connectivity index (χ1) is 10.9. The first kappa shape index (κ1) is 16.1. The van der Waals surface area contributed by atoms with Crippen molar-refractivity contribution in [3.63, 3.8) is 0 Å². The molecule has 0 radical (unpaired) electrons. The van der Waals surface area contributed by atoms with E-state index in [1.165, 1.54) is 12.1 Å². The van der Waals surface area contributed by atoms with Crippen molar-refractivity contribution in [2.75, 3.05) is 0 Å². The van der Waals surface area contributed by atoms with Crippen molar-refractivity contribution in [3.8, 4) is 22.6 Å². The lowest BCUT2D eigenvalue weighted by molar-refractivity contribution is -0.114. The molecule has 1 amide bonds. The minimum atomic E-state index is -0.560. The molecule has 0 bridgehead atoms. The Morgan fingerprint density at radius 1 is 1.09 bits per heavy atom. The van der Waals surface area contributed by atoms with Crippen LogP contribution in [0.2, 0.25) is 0 Å². The van der Waals surface area contributed by atoms with Gasteiger partial charge in [-0.3, -0.25) is 4.79 Å². The lowest BCUT2D eigenvalue weighted by atomic mass is 9.97. The Balaban J connectivity index is 2.52. The summed E-state index contributed by atoms with van der Waals surface area (Å²) in [5.41, 5.74) is 12.8. The highest BCUT2D eigenvalue weighted by Crippen LogP contribution is 2.30. The zero-order chi connectivity index (χ0) is 17.0. The molecule has 0 aliphatic carbocycles. The molecule has 6 heteroatoms. The summed E-state index contributed by atoms with van der Waals surface area (Å²) in [6.45, 7) is 1.57. The topological polar surface area (TPSA) is 122 Å². The highest BCUT2D eigenvalue weighted by atomic mass is 16.3. The number of phenols is 2. The number of hydrogen-bond acceptors (Lipinski definition) is 3. The molecule has 2 aromatic rings. The van der Waals surface area contributed by atoms with Gasteiger partial charge in [0, 0.05) is 5.57 Å². The maximum Gasteiger partial charge on any atom is 0.275 e. The highest BCUT2D eigenvalue weighted by Gasteiger charge is 2.09. The predicted octanol–water partition coefficient (Wildman–Crippen LogP) is 1.97. The lowest BCUT2D eigenvalue weighted by Gasteiger charge is -2.08. The molecular weight excluding hydrogens is 294 g/mol. The third kappa shape index (κ3) is 4.10. The van der Waals surface area contributed by atoms with E-state index in [-0.39, 0.29) is 17.5 Å². The summed E-state index contributed by atoms with van der Waals surface area (Å²) < 4.78 is 0. The minimum absolute atomic E-state index is 0.0576. The van der Waals surface area contributed by atoms with Crippen LogP contribution in [0.4, 0.5) is 0 Å². The minimum Gasteiger partial charge on any atom is -0.508 e. The standard InChI is InChI=1S/C17H17N3O3/c1-10(16(23)20-17(18)19)7-12-9-14(22)5-6-15(12)11-3-2-4-13(21)8-11/h2-9,21-22H,1H3,(H4,18,19,20,23). The van der Waals surface area contributed by atoms with E-state index in [9.17, 15) is 15.0 Å². The van der Waals surface area contributed by atoms with E-state index >= 15 is 0 Å². The number of carbonyl (C=O) groups is 1. The second-order valence-electron chi connectivity index (χ2n) is 4.99. The Labute approximate surface area is 133 Å². The number of nitrogens with zero attached hydrogens (tertiary/aromatic N) is 1. The van der Waals surface area contributed by atoms with Crippen LogP contribution in [-0.4, -0.2) is 22.1 Å². The van der Waals surface area contributed by atoms with Crippen LogP contribution in [0.1, 0.15) is 12.5 Å². The number of aromatic hydroxyl groups is 2. The molecule has 6 nitrogen and oxygen atoms in total. The van der Waals surface area contributed by atoms with Gasteiger partial charge in [-0.1, -0.05) is 18.2 Å². The molecule has 0 heterocycles. The Kier molecular flexibility index (Phi) is 4.66. The fraction of sp³-hybridized carbons (Fsp3) is 0.0588. The zero-order valence-electron chi connectivity index (χ0n) is 12.5. The molecule has 0 aliphatic rings. The zero-order valence-corrected chi connectivity index (χ0v) is 12.5. The average Bonchev–Trinajstić information content (AvgIpc) is 2.46. The molecule has 23 heavy (non-hydrogen) atoms. The fourth-order valence-electron chi connectivity index (χ4n) is 2.11. The van der Waals surface area contributed by atoms with Crippen LogP contribution in [0.15, 0.2) is 53.0 Å². The van der Waals surface area contributed by atoms with E-state index in [1.54, 1.807) is 37.3 Å². The maximum atomic E-state index is 11.8. The molecule has 0 aromatic heterocycles. The van der Waals surface area contributed by atoms with Gasteiger partial charge in [0.05, 0.1) is 0 Å². The van der Waals surface area contributed by atoms with Gasteiger partial charge in [0.1, 0.15) is 11.5 Å². The Morgan fingerprint density at radius 2 is 1.78 bits per heavy atom. The molecule has 2 aromatic carbocycles. The predicted molar refractivity (Wildman–Crippen MR) is 89.7 cm³/mol. The number of guanidine groups is 1. The average molecular weight is 311 g/mol. The van der Waals surface area contributed by atoms with E-state index in [1.807, 2.05) is 6.07 Å². The summed E-state index contributed by atoms with van der Waals surface area (Å²) in [5.74, 6) is -0.692. The third-order valence-corrected chi connectivity index (χ3v) is 3.13. The van der Waals surface area contributed by atoms with Crippen molar-refractivity contribution < 1.29 is 15.0 Å². The molecule has 0 aliphatic heterocycles. The van der Waals surface area contributed by atoms with Crippen LogP contribution in [0.25, 0.3) is 17.2 Å². The number of hydrogen-bond donors (Lipinski definition) is 4. The molecule has 0 spiro atoms. The van der Waals surface area contributed by atoms with Gasteiger partial charge in [-0.25, -0.2) is 0 Å². The Bertz CT molecular complexity index is 806. The summed E-state index contributed by atoms with van der Waals surface area (Å²) in [5, 5.41) is 19.3. The number of phenolic OH excluding ortho intramolecular Hbond substituents is 2. The van der Waals surface area contributed by atoms with Crippen LogP contribution >= 0.6 is 0 Å². The molecular formula is C17H17N3O3. The second kappa shape index (κ2) is 6.65. The van der Waals surface area contributed by atoms with Crippen molar-refractivity contribution in [2.24, 2.45) is 16.5 Å². The number of rotatable bonds is 3. The van der Waals surface area contributed by atoms with Crippen molar-refractivity contribution in [2.45, 2.75) is 6.92 Å². The molecule has 0 saturated carbocycles. The van der Waals surface area contributed by atoms with E-state index in [2.05, 4.69) is 4.99 Å².